The number of hydrogen-bond donors (Lipinski definition) is 2. The van der Waals surface area contributed by atoms with Crippen molar-refractivity contribution >= 4 is 46.4 Å². The van der Waals surface area contributed by atoms with Crippen LogP contribution in [-0.2, 0) is 16.0 Å². The second-order valence-electron chi connectivity index (χ2n) is 5.91. The zero-order valence-electron chi connectivity index (χ0n) is 13.1. The van der Waals surface area contributed by atoms with Crippen molar-refractivity contribution in [2.45, 2.75) is 17.2 Å². The quantitative estimate of drug-likeness (QED) is 0.765. The molecule has 0 radical (unpaired) electrons. The summed E-state index contributed by atoms with van der Waals surface area (Å²) in [5.74, 6) is -1.76. The van der Waals surface area contributed by atoms with Crippen molar-refractivity contribution in [3.8, 4) is 0 Å². The molecule has 2 amide bonds. The lowest BCUT2D eigenvalue weighted by molar-refractivity contribution is -0.117. The van der Waals surface area contributed by atoms with Crippen LogP contribution >= 0.6 is 23.2 Å². The first-order chi connectivity index (χ1) is 11.8. The number of rotatable bonds is 5. The number of benzene rings is 2. The normalized spacial score (nSPS) is 17.6. The molecule has 2 aromatic rings. The molecule has 3 rings (SSSR count). The second-order valence-corrected chi connectivity index (χ2v) is 7.45. The lowest BCUT2D eigenvalue weighted by Gasteiger charge is -2.10. The highest BCUT2D eigenvalue weighted by atomic mass is 35.5. The van der Waals surface area contributed by atoms with E-state index in [1.165, 1.54) is 18.2 Å². The number of amides is 2. The number of carbonyl (C=O) groups is 2. The molecule has 0 heterocycles. The van der Waals surface area contributed by atoms with Crippen molar-refractivity contribution in [2.24, 2.45) is 5.92 Å². The molecule has 0 aliphatic heterocycles. The lowest BCUT2D eigenvalue weighted by Crippen LogP contribution is -2.18. The number of hydrogen-bond acceptors (Lipinski definition) is 2. The van der Waals surface area contributed by atoms with Crippen LogP contribution in [0.5, 0.6) is 0 Å². The van der Waals surface area contributed by atoms with E-state index in [0.717, 1.165) is 5.56 Å². The van der Waals surface area contributed by atoms with Crippen LogP contribution in [0.2, 0.25) is 0 Å². The van der Waals surface area contributed by atoms with Crippen LogP contribution in [0.4, 0.5) is 15.8 Å². The molecular weight excluding hydrogens is 366 g/mol. The van der Waals surface area contributed by atoms with Crippen molar-refractivity contribution in [1.29, 1.82) is 0 Å². The van der Waals surface area contributed by atoms with Crippen molar-refractivity contribution in [3.63, 3.8) is 0 Å². The molecule has 25 heavy (non-hydrogen) atoms. The molecule has 0 saturated heterocycles. The van der Waals surface area contributed by atoms with Crippen molar-refractivity contribution in [2.75, 3.05) is 10.6 Å². The summed E-state index contributed by atoms with van der Waals surface area (Å²) in [6.45, 7) is 0. The van der Waals surface area contributed by atoms with Gasteiger partial charge in [0, 0.05) is 5.69 Å². The maximum atomic E-state index is 13.9. The Kier molecular flexibility index (Phi) is 4.97. The van der Waals surface area contributed by atoms with E-state index in [2.05, 4.69) is 10.6 Å². The van der Waals surface area contributed by atoms with E-state index in [0.29, 0.717) is 12.1 Å². The third-order valence-electron chi connectivity index (χ3n) is 3.86. The van der Waals surface area contributed by atoms with Crippen molar-refractivity contribution < 1.29 is 14.0 Å². The molecule has 1 atom stereocenters. The summed E-state index contributed by atoms with van der Waals surface area (Å²) < 4.78 is 12.9. The van der Waals surface area contributed by atoms with Crippen molar-refractivity contribution in [3.05, 3.63) is 59.9 Å². The standard InChI is InChI=1S/C18H15Cl2FN2O2/c19-18(20)10-13(18)17(25)22-12-6-7-14(21)15(9-12)23-16(24)8-11-4-2-1-3-5-11/h1-7,9,13H,8,10H2,(H,22,25)(H,23,24). The summed E-state index contributed by atoms with van der Waals surface area (Å²) in [6.07, 6.45) is 0.504. The molecule has 2 aromatic carbocycles. The van der Waals surface area contributed by atoms with Crippen molar-refractivity contribution in [1.82, 2.24) is 0 Å². The Bertz CT molecular complexity index is 812. The molecule has 2 N–H and O–H groups in total. The second kappa shape index (κ2) is 7.02. The molecule has 1 fully saturated rings. The molecule has 130 valence electrons. The summed E-state index contributed by atoms with van der Waals surface area (Å²) in [6, 6.07) is 13.1. The van der Waals surface area contributed by atoms with E-state index in [9.17, 15) is 14.0 Å². The van der Waals surface area contributed by atoms with E-state index in [1.807, 2.05) is 30.3 Å². The minimum absolute atomic E-state index is 0.00228. The first-order valence-corrected chi connectivity index (χ1v) is 8.43. The molecule has 0 bridgehead atoms. The Labute approximate surface area is 154 Å². The SMILES string of the molecule is O=C(Cc1ccccc1)Nc1cc(NC(=O)C2CC2(Cl)Cl)ccc1F. The van der Waals surface area contributed by atoms with Gasteiger partial charge in [-0.2, -0.15) is 0 Å². The molecule has 0 aromatic heterocycles. The first kappa shape index (κ1) is 17.7. The molecule has 7 heteroatoms. The van der Waals surface area contributed by atoms with E-state index in [-0.39, 0.29) is 23.9 Å². The van der Waals surface area contributed by atoms with Gasteiger partial charge in [0.1, 0.15) is 10.2 Å². The summed E-state index contributed by atoms with van der Waals surface area (Å²) in [4.78, 5) is 24.1. The monoisotopic (exact) mass is 380 g/mol. The maximum absolute atomic E-state index is 13.9. The van der Waals surface area contributed by atoms with E-state index >= 15 is 0 Å². The topological polar surface area (TPSA) is 58.2 Å². The van der Waals surface area contributed by atoms with Gasteiger partial charge in [-0.1, -0.05) is 30.3 Å². The fourth-order valence-electron chi connectivity index (χ4n) is 2.40. The van der Waals surface area contributed by atoms with Gasteiger partial charge in [0.2, 0.25) is 11.8 Å². The van der Waals surface area contributed by atoms with Gasteiger partial charge in [0.05, 0.1) is 18.0 Å². The highest BCUT2D eigenvalue weighted by Gasteiger charge is 2.56. The largest absolute Gasteiger partial charge is 0.326 e. The minimum Gasteiger partial charge on any atom is -0.326 e. The van der Waals surface area contributed by atoms with Gasteiger partial charge in [-0.15, -0.1) is 23.2 Å². The average Bonchev–Trinajstić information content (AvgIpc) is 3.20. The number of halogens is 3. The van der Waals surface area contributed by atoms with Crippen LogP contribution < -0.4 is 10.6 Å². The summed E-state index contributed by atoms with van der Waals surface area (Å²) >= 11 is 11.7. The highest BCUT2D eigenvalue weighted by Crippen LogP contribution is 2.53. The first-order valence-electron chi connectivity index (χ1n) is 7.67. The van der Waals surface area contributed by atoms with Crippen LogP contribution in [-0.4, -0.2) is 16.1 Å². The molecule has 1 saturated carbocycles. The molecule has 1 aliphatic rings. The van der Waals surface area contributed by atoms with Gasteiger partial charge < -0.3 is 10.6 Å². The zero-order valence-corrected chi connectivity index (χ0v) is 14.6. The highest BCUT2D eigenvalue weighted by molar-refractivity contribution is 6.52. The Morgan fingerprint density at radius 2 is 1.80 bits per heavy atom. The van der Waals surface area contributed by atoms with Gasteiger partial charge in [-0.3, -0.25) is 9.59 Å². The molecule has 1 unspecified atom stereocenters. The van der Waals surface area contributed by atoms with Crippen LogP contribution in [0.1, 0.15) is 12.0 Å². The Balaban J connectivity index is 1.65. The number of carbonyl (C=O) groups excluding carboxylic acids is 2. The van der Waals surface area contributed by atoms with Gasteiger partial charge in [-0.25, -0.2) is 4.39 Å². The zero-order chi connectivity index (χ0) is 18.0. The Morgan fingerprint density at radius 1 is 1.12 bits per heavy atom. The molecule has 0 spiro atoms. The molecular formula is C18H15Cl2FN2O2. The fraction of sp³-hybridized carbons (Fsp3) is 0.222. The Hall–Kier alpha value is -2.11. The minimum atomic E-state index is -1.03. The maximum Gasteiger partial charge on any atom is 0.230 e. The third kappa shape index (κ3) is 4.50. The van der Waals surface area contributed by atoms with Gasteiger partial charge >= 0.3 is 0 Å². The van der Waals surface area contributed by atoms with E-state index in [1.54, 1.807) is 0 Å². The van der Waals surface area contributed by atoms with E-state index in [4.69, 9.17) is 23.2 Å². The Morgan fingerprint density at radius 3 is 2.44 bits per heavy atom. The number of alkyl halides is 2. The van der Waals surface area contributed by atoms with Crippen LogP contribution in [0.3, 0.4) is 0 Å². The number of anilines is 2. The summed E-state index contributed by atoms with van der Waals surface area (Å²) in [5.41, 5.74) is 1.18. The van der Waals surface area contributed by atoms with Crippen LogP contribution in [0, 0.1) is 11.7 Å². The summed E-state index contributed by atoms with van der Waals surface area (Å²) in [5, 5.41) is 5.14. The van der Waals surface area contributed by atoms with E-state index < -0.39 is 16.1 Å². The average molecular weight is 381 g/mol. The summed E-state index contributed by atoms with van der Waals surface area (Å²) in [7, 11) is 0. The molecule has 1 aliphatic carbocycles. The van der Waals surface area contributed by atoms with Gasteiger partial charge in [0.15, 0.2) is 0 Å². The number of nitrogens with one attached hydrogen (secondary N) is 2. The van der Waals surface area contributed by atoms with Crippen LogP contribution in [0.25, 0.3) is 0 Å². The fourth-order valence-corrected chi connectivity index (χ4v) is 2.91. The smallest absolute Gasteiger partial charge is 0.230 e. The predicted molar refractivity (Wildman–Crippen MR) is 96.3 cm³/mol. The third-order valence-corrected chi connectivity index (χ3v) is 4.69. The molecule has 4 nitrogen and oxygen atoms in total. The van der Waals surface area contributed by atoms with Gasteiger partial charge in [-0.05, 0) is 30.2 Å². The predicted octanol–water partition coefficient (Wildman–Crippen LogP) is 4.14. The van der Waals surface area contributed by atoms with Crippen LogP contribution in [0.15, 0.2) is 48.5 Å². The van der Waals surface area contributed by atoms with Gasteiger partial charge in [0.25, 0.3) is 0 Å². The lowest BCUT2D eigenvalue weighted by atomic mass is 10.1.